The Kier molecular flexibility index (Phi) is 8.01. The minimum atomic E-state index is -1.13. The van der Waals surface area contributed by atoms with Crippen LogP contribution in [0, 0.1) is 0 Å². The number of aliphatic hydroxyl groups is 2. The molecular formula is C18H29NO5. The van der Waals surface area contributed by atoms with E-state index in [-0.39, 0.29) is 6.54 Å². The maximum Gasteiger partial charge on any atom is 0.407 e. The molecule has 0 aliphatic rings. The third kappa shape index (κ3) is 7.66. The highest BCUT2D eigenvalue weighted by atomic mass is 16.6. The van der Waals surface area contributed by atoms with Gasteiger partial charge in [-0.05, 0) is 44.9 Å². The zero-order valence-corrected chi connectivity index (χ0v) is 14.9. The summed E-state index contributed by atoms with van der Waals surface area (Å²) in [5, 5.41) is 22.6. The molecule has 0 heterocycles. The minimum Gasteiger partial charge on any atom is -0.494 e. The molecule has 24 heavy (non-hydrogen) atoms. The van der Waals surface area contributed by atoms with Gasteiger partial charge in [-0.25, -0.2) is 4.79 Å². The molecule has 2 atom stereocenters. The van der Waals surface area contributed by atoms with E-state index in [0.717, 1.165) is 18.6 Å². The number of amides is 1. The maximum atomic E-state index is 11.5. The zero-order chi connectivity index (χ0) is 18.2. The van der Waals surface area contributed by atoms with Gasteiger partial charge < -0.3 is 25.0 Å². The molecule has 0 radical (unpaired) electrons. The second kappa shape index (κ2) is 9.49. The summed E-state index contributed by atoms with van der Waals surface area (Å²) in [5.74, 6) is 0.723. The third-order valence-corrected chi connectivity index (χ3v) is 3.21. The summed E-state index contributed by atoms with van der Waals surface area (Å²) < 4.78 is 10.6. The van der Waals surface area contributed by atoms with Crippen LogP contribution in [0.1, 0.15) is 52.2 Å². The Bertz CT molecular complexity index is 495. The predicted octanol–water partition coefficient (Wildman–Crippen LogP) is 2.78. The Balaban J connectivity index is 2.47. The second-order valence-electron chi connectivity index (χ2n) is 6.67. The third-order valence-electron chi connectivity index (χ3n) is 3.21. The Morgan fingerprint density at radius 3 is 2.38 bits per heavy atom. The number of unbranched alkanes of at least 4 members (excludes halogenated alkanes) is 1. The average molecular weight is 339 g/mol. The number of aliphatic hydroxyl groups excluding tert-OH is 2. The van der Waals surface area contributed by atoms with Crippen LogP contribution in [0.2, 0.25) is 0 Å². The molecule has 0 saturated carbocycles. The van der Waals surface area contributed by atoms with E-state index in [1.807, 2.05) is 0 Å². The average Bonchev–Trinajstić information content (AvgIpc) is 2.51. The Labute approximate surface area is 143 Å². The van der Waals surface area contributed by atoms with Crippen molar-refractivity contribution >= 4 is 6.09 Å². The fourth-order valence-electron chi connectivity index (χ4n) is 1.93. The molecule has 0 spiro atoms. The molecule has 1 rings (SSSR count). The lowest BCUT2D eigenvalue weighted by Gasteiger charge is -2.22. The van der Waals surface area contributed by atoms with Gasteiger partial charge in [0.25, 0.3) is 0 Å². The van der Waals surface area contributed by atoms with E-state index in [9.17, 15) is 15.0 Å². The summed E-state index contributed by atoms with van der Waals surface area (Å²) in [4.78, 5) is 11.5. The fourth-order valence-corrected chi connectivity index (χ4v) is 1.93. The molecule has 0 fully saturated rings. The molecule has 0 aliphatic heterocycles. The fraction of sp³-hybridized carbons (Fsp3) is 0.611. The number of nitrogens with one attached hydrogen (secondary N) is 1. The Morgan fingerprint density at radius 1 is 1.21 bits per heavy atom. The number of carbonyl (C=O) groups excluding carboxylic acids is 1. The first kappa shape index (κ1) is 20.3. The zero-order valence-electron chi connectivity index (χ0n) is 14.9. The van der Waals surface area contributed by atoms with Crippen molar-refractivity contribution in [2.24, 2.45) is 0 Å². The van der Waals surface area contributed by atoms with E-state index >= 15 is 0 Å². The van der Waals surface area contributed by atoms with Crippen molar-refractivity contribution in [3.8, 4) is 5.75 Å². The highest BCUT2D eigenvalue weighted by Crippen LogP contribution is 2.20. The van der Waals surface area contributed by atoms with Crippen LogP contribution in [0.5, 0.6) is 5.75 Å². The molecule has 2 unspecified atom stereocenters. The highest BCUT2D eigenvalue weighted by molar-refractivity contribution is 5.67. The van der Waals surface area contributed by atoms with E-state index < -0.39 is 23.9 Å². The van der Waals surface area contributed by atoms with Gasteiger partial charge in [-0.15, -0.1) is 0 Å². The van der Waals surface area contributed by atoms with Crippen molar-refractivity contribution in [2.45, 2.75) is 58.3 Å². The molecule has 0 saturated heterocycles. The summed E-state index contributed by atoms with van der Waals surface area (Å²) in [7, 11) is 0. The number of rotatable bonds is 8. The van der Waals surface area contributed by atoms with Crippen LogP contribution in [-0.4, -0.2) is 41.2 Å². The van der Waals surface area contributed by atoms with Gasteiger partial charge in [-0.1, -0.05) is 25.5 Å². The number of alkyl carbamates (subject to hydrolysis) is 1. The molecule has 1 aromatic rings. The predicted molar refractivity (Wildman–Crippen MR) is 92.0 cm³/mol. The van der Waals surface area contributed by atoms with Gasteiger partial charge in [0.15, 0.2) is 0 Å². The smallest absolute Gasteiger partial charge is 0.407 e. The molecule has 136 valence electrons. The standard InChI is InChI=1S/C18H29NO5/c1-5-6-11-23-14-9-7-13(8-10-14)16(21)15(20)12-19-17(22)24-18(2,3)4/h7-10,15-16,20-21H,5-6,11-12H2,1-4H3,(H,19,22). The van der Waals surface area contributed by atoms with Crippen LogP contribution in [0.3, 0.4) is 0 Å². The van der Waals surface area contributed by atoms with E-state index in [1.54, 1.807) is 45.0 Å². The number of benzene rings is 1. The van der Waals surface area contributed by atoms with Crippen LogP contribution < -0.4 is 10.1 Å². The van der Waals surface area contributed by atoms with Crippen LogP contribution in [0.15, 0.2) is 24.3 Å². The van der Waals surface area contributed by atoms with Crippen molar-refractivity contribution in [1.82, 2.24) is 5.32 Å². The van der Waals surface area contributed by atoms with E-state index in [2.05, 4.69) is 12.2 Å². The van der Waals surface area contributed by atoms with Gasteiger partial charge in [0.1, 0.15) is 23.6 Å². The lowest BCUT2D eigenvalue weighted by molar-refractivity contribution is 0.0129. The lowest BCUT2D eigenvalue weighted by Crippen LogP contribution is -2.38. The first-order chi connectivity index (χ1) is 11.2. The molecular weight excluding hydrogens is 310 g/mol. The van der Waals surface area contributed by atoms with Gasteiger partial charge in [-0.2, -0.15) is 0 Å². The van der Waals surface area contributed by atoms with Gasteiger partial charge in [0.05, 0.1) is 6.61 Å². The van der Waals surface area contributed by atoms with Crippen molar-refractivity contribution < 1.29 is 24.5 Å². The Hall–Kier alpha value is -1.79. The first-order valence-electron chi connectivity index (χ1n) is 8.28. The number of hydrogen-bond donors (Lipinski definition) is 3. The maximum absolute atomic E-state index is 11.5. The van der Waals surface area contributed by atoms with Crippen molar-refractivity contribution in [3.05, 3.63) is 29.8 Å². The van der Waals surface area contributed by atoms with Gasteiger partial charge in [0.2, 0.25) is 0 Å². The number of ether oxygens (including phenoxy) is 2. The van der Waals surface area contributed by atoms with E-state index in [1.165, 1.54) is 0 Å². The first-order valence-corrected chi connectivity index (χ1v) is 8.28. The van der Waals surface area contributed by atoms with Crippen molar-refractivity contribution in [2.75, 3.05) is 13.2 Å². The van der Waals surface area contributed by atoms with Crippen molar-refractivity contribution in [1.29, 1.82) is 0 Å². The Morgan fingerprint density at radius 2 is 1.83 bits per heavy atom. The van der Waals surface area contributed by atoms with E-state index in [4.69, 9.17) is 9.47 Å². The molecule has 0 aromatic heterocycles. The normalized spacial score (nSPS) is 13.9. The molecule has 6 nitrogen and oxygen atoms in total. The lowest BCUT2D eigenvalue weighted by atomic mass is 10.0. The molecule has 1 amide bonds. The van der Waals surface area contributed by atoms with Crippen molar-refractivity contribution in [3.63, 3.8) is 0 Å². The largest absolute Gasteiger partial charge is 0.494 e. The molecule has 0 bridgehead atoms. The van der Waals surface area contributed by atoms with Gasteiger partial charge in [0, 0.05) is 6.54 Å². The summed E-state index contributed by atoms with van der Waals surface area (Å²) in [6.45, 7) is 7.90. The van der Waals surface area contributed by atoms with Crippen LogP contribution in [0.25, 0.3) is 0 Å². The molecule has 0 aliphatic carbocycles. The van der Waals surface area contributed by atoms with Crippen LogP contribution in [0.4, 0.5) is 4.79 Å². The topological polar surface area (TPSA) is 88.0 Å². The van der Waals surface area contributed by atoms with E-state index in [0.29, 0.717) is 12.2 Å². The van der Waals surface area contributed by atoms with Gasteiger partial charge >= 0.3 is 6.09 Å². The SMILES string of the molecule is CCCCOc1ccc(C(O)C(O)CNC(=O)OC(C)(C)C)cc1. The quantitative estimate of drug-likeness (QED) is 0.634. The monoisotopic (exact) mass is 339 g/mol. The number of hydrogen-bond acceptors (Lipinski definition) is 5. The summed E-state index contributed by atoms with van der Waals surface area (Å²) in [5.41, 5.74) is -0.0577. The molecule has 6 heteroatoms. The highest BCUT2D eigenvalue weighted by Gasteiger charge is 2.21. The molecule has 1 aromatic carbocycles. The van der Waals surface area contributed by atoms with Crippen LogP contribution in [-0.2, 0) is 4.74 Å². The summed E-state index contributed by atoms with van der Waals surface area (Å²) >= 11 is 0. The second-order valence-corrected chi connectivity index (χ2v) is 6.67. The van der Waals surface area contributed by atoms with Crippen LogP contribution >= 0.6 is 0 Å². The minimum absolute atomic E-state index is 0.106. The summed E-state index contributed by atoms with van der Waals surface area (Å²) in [6.07, 6.45) is -0.824. The summed E-state index contributed by atoms with van der Waals surface area (Å²) in [6, 6.07) is 6.90. The van der Waals surface area contributed by atoms with Gasteiger partial charge in [-0.3, -0.25) is 0 Å². The number of carbonyl (C=O) groups is 1. The molecule has 3 N–H and O–H groups in total.